The van der Waals surface area contributed by atoms with Crippen LogP contribution in [0.3, 0.4) is 0 Å². The van der Waals surface area contributed by atoms with Gasteiger partial charge in [0.25, 0.3) is 0 Å². The molecular weight excluding hydrogens is 192 g/mol. The highest BCUT2D eigenvalue weighted by Crippen LogP contribution is 2.18. The van der Waals surface area contributed by atoms with Crippen molar-refractivity contribution in [3.8, 4) is 5.75 Å². The quantitative estimate of drug-likeness (QED) is 0.524. The highest BCUT2D eigenvalue weighted by molar-refractivity contribution is 5.64. The normalized spacial score (nSPS) is 10.9. The monoisotopic (exact) mass is 208 g/mol. The molecule has 0 bridgehead atoms. The van der Waals surface area contributed by atoms with Gasteiger partial charge in [-0.15, -0.1) is 0 Å². The van der Waals surface area contributed by atoms with Gasteiger partial charge >= 0.3 is 6.16 Å². The summed E-state index contributed by atoms with van der Waals surface area (Å²) >= 11 is 0. The predicted molar refractivity (Wildman–Crippen MR) is 58.0 cm³/mol. The summed E-state index contributed by atoms with van der Waals surface area (Å²) in [4.78, 5) is 11.3. The van der Waals surface area contributed by atoms with E-state index in [4.69, 9.17) is 9.47 Å². The molecule has 0 aliphatic heterocycles. The van der Waals surface area contributed by atoms with E-state index in [1.54, 1.807) is 26.8 Å². The van der Waals surface area contributed by atoms with Crippen molar-refractivity contribution in [1.82, 2.24) is 0 Å². The first-order valence-electron chi connectivity index (χ1n) is 4.85. The Morgan fingerprint density at radius 3 is 2.33 bits per heavy atom. The maximum Gasteiger partial charge on any atom is 0.514 e. The molecule has 0 amide bonds. The molecule has 1 aromatic carbocycles. The highest BCUT2D eigenvalue weighted by atomic mass is 16.7. The van der Waals surface area contributed by atoms with Gasteiger partial charge in [-0.3, -0.25) is 0 Å². The summed E-state index contributed by atoms with van der Waals surface area (Å²) in [6.45, 7) is 7.27. The van der Waals surface area contributed by atoms with Crippen molar-refractivity contribution < 1.29 is 14.3 Å². The van der Waals surface area contributed by atoms with Crippen molar-refractivity contribution in [2.24, 2.45) is 0 Å². The molecule has 0 aromatic heterocycles. The zero-order valence-corrected chi connectivity index (χ0v) is 9.53. The van der Waals surface area contributed by atoms with Crippen LogP contribution in [-0.2, 0) is 4.74 Å². The summed E-state index contributed by atoms with van der Waals surface area (Å²) in [5.41, 5.74) is 0.378. The van der Waals surface area contributed by atoms with Gasteiger partial charge in [0, 0.05) is 0 Å². The van der Waals surface area contributed by atoms with Crippen LogP contribution in [0.5, 0.6) is 5.75 Å². The first-order valence-corrected chi connectivity index (χ1v) is 4.85. The van der Waals surface area contributed by atoms with Gasteiger partial charge in [0.1, 0.15) is 11.4 Å². The Morgan fingerprint density at radius 2 is 1.80 bits per heavy atom. The summed E-state index contributed by atoms with van der Waals surface area (Å²) < 4.78 is 10.1. The Bertz CT molecular complexity index is 350. The number of benzene rings is 1. The zero-order chi connectivity index (χ0) is 11.5. The predicted octanol–water partition coefficient (Wildman–Crippen LogP) is 3.31. The number of hydrogen-bond donors (Lipinski definition) is 0. The fourth-order valence-electron chi connectivity index (χ4n) is 1.03. The highest BCUT2D eigenvalue weighted by Gasteiger charge is 2.18. The topological polar surface area (TPSA) is 35.5 Å². The molecule has 0 radical (unpaired) electrons. The van der Waals surface area contributed by atoms with Crippen LogP contribution in [0.25, 0.3) is 0 Å². The largest absolute Gasteiger partial charge is 0.514 e. The smallest absolute Gasteiger partial charge is 0.428 e. The van der Waals surface area contributed by atoms with Crippen LogP contribution in [0.4, 0.5) is 4.79 Å². The van der Waals surface area contributed by atoms with E-state index in [9.17, 15) is 4.79 Å². The fraction of sp³-hybridized carbons (Fsp3) is 0.417. The zero-order valence-electron chi connectivity index (χ0n) is 9.53. The van der Waals surface area contributed by atoms with Gasteiger partial charge in [-0.25, -0.2) is 4.79 Å². The summed E-state index contributed by atoms with van der Waals surface area (Å²) in [6.07, 6.45) is -0.670. The van der Waals surface area contributed by atoms with Crippen LogP contribution in [0.15, 0.2) is 24.3 Å². The molecule has 0 saturated heterocycles. The molecule has 0 fully saturated rings. The number of carbonyl (C=O) groups excluding carboxylic acids is 1. The number of carbonyl (C=O) groups is 1. The van der Waals surface area contributed by atoms with E-state index in [0.29, 0.717) is 5.75 Å². The van der Waals surface area contributed by atoms with E-state index in [1.165, 1.54) is 0 Å². The summed E-state index contributed by atoms with van der Waals surface area (Å²) in [7, 11) is 0. The van der Waals surface area contributed by atoms with Crippen LogP contribution in [0, 0.1) is 6.92 Å². The molecule has 0 spiro atoms. The Hall–Kier alpha value is -1.51. The van der Waals surface area contributed by atoms with Gasteiger partial charge < -0.3 is 9.47 Å². The Balaban J connectivity index is 2.64. The lowest BCUT2D eigenvalue weighted by Gasteiger charge is -2.19. The molecule has 1 rings (SSSR count). The molecule has 0 aliphatic rings. The van der Waals surface area contributed by atoms with E-state index in [-0.39, 0.29) is 0 Å². The maximum atomic E-state index is 11.3. The lowest BCUT2D eigenvalue weighted by atomic mass is 10.2. The maximum absolute atomic E-state index is 11.3. The van der Waals surface area contributed by atoms with Crippen LogP contribution < -0.4 is 4.74 Å². The lowest BCUT2D eigenvalue weighted by Crippen LogP contribution is -2.26. The van der Waals surface area contributed by atoms with Crippen molar-refractivity contribution in [3.05, 3.63) is 29.8 Å². The Labute approximate surface area is 90.0 Å². The van der Waals surface area contributed by atoms with E-state index in [1.807, 2.05) is 25.1 Å². The van der Waals surface area contributed by atoms with Gasteiger partial charge in [0.15, 0.2) is 0 Å². The second-order valence-electron chi connectivity index (χ2n) is 4.33. The van der Waals surface area contributed by atoms with Crippen molar-refractivity contribution in [3.63, 3.8) is 0 Å². The molecule has 3 heteroatoms. The number of hydrogen-bond acceptors (Lipinski definition) is 3. The third kappa shape index (κ3) is 4.02. The van der Waals surface area contributed by atoms with Crippen LogP contribution in [0.1, 0.15) is 26.3 Å². The van der Waals surface area contributed by atoms with Gasteiger partial charge in [-0.2, -0.15) is 0 Å². The second kappa shape index (κ2) is 4.34. The first kappa shape index (κ1) is 11.6. The molecule has 3 nitrogen and oxygen atoms in total. The molecular formula is C12H16O3. The number of rotatable bonds is 1. The average molecular weight is 208 g/mol. The van der Waals surface area contributed by atoms with Gasteiger partial charge in [0.05, 0.1) is 0 Å². The SMILES string of the molecule is Cc1ccccc1OC(=O)OC(C)(C)C. The Morgan fingerprint density at radius 1 is 1.20 bits per heavy atom. The first-order chi connectivity index (χ1) is 6.88. The minimum Gasteiger partial charge on any atom is -0.428 e. The molecule has 15 heavy (non-hydrogen) atoms. The van der Waals surface area contributed by atoms with E-state index in [2.05, 4.69) is 0 Å². The molecule has 0 atom stereocenters. The standard InChI is InChI=1S/C12H16O3/c1-9-7-5-6-8-10(9)14-11(13)15-12(2,3)4/h5-8H,1-4H3. The van der Waals surface area contributed by atoms with E-state index in [0.717, 1.165) is 5.56 Å². The summed E-state index contributed by atoms with van der Waals surface area (Å²) in [5, 5.41) is 0. The van der Waals surface area contributed by atoms with Crippen molar-refractivity contribution >= 4 is 6.16 Å². The number of ether oxygens (including phenoxy) is 2. The average Bonchev–Trinajstić information content (AvgIpc) is 2.05. The van der Waals surface area contributed by atoms with Crippen molar-refractivity contribution in [2.45, 2.75) is 33.3 Å². The van der Waals surface area contributed by atoms with Gasteiger partial charge in [-0.1, -0.05) is 18.2 Å². The summed E-state index contributed by atoms with van der Waals surface area (Å²) in [5.74, 6) is 0.534. The fourth-order valence-corrected chi connectivity index (χ4v) is 1.03. The molecule has 0 aliphatic carbocycles. The third-order valence-electron chi connectivity index (χ3n) is 1.68. The Kier molecular flexibility index (Phi) is 3.35. The van der Waals surface area contributed by atoms with Crippen molar-refractivity contribution in [2.75, 3.05) is 0 Å². The number of para-hydroxylation sites is 1. The van der Waals surface area contributed by atoms with Crippen molar-refractivity contribution in [1.29, 1.82) is 0 Å². The summed E-state index contributed by atoms with van der Waals surface area (Å²) in [6, 6.07) is 7.31. The molecule has 0 heterocycles. The van der Waals surface area contributed by atoms with Crippen LogP contribution in [0.2, 0.25) is 0 Å². The van der Waals surface area contributed by atoms with Gasteiger partial charge in [-0.05, 0) is 39.3 Å². The third-order valence-corrected chi connectivity index (χ3v) is 1.68. The van der Waals surface area contributed by atoms with E-state index >= 15 is 0 Å². The molecule has 0 unspecified atom stereocenters. The molecule has 82 valence electrons. The molecule has 0 saturated carbocycles. The number of aryl methyl sites for hydroxylation is 1. The van der Waals surface area contributed by atoms with E-state index < -0.39 is 11.8 Å². The van der Waals surface area contributed by atoms with Crippen LogP contribution >= 0.6 is 0 Å². The van der Waals surface area contributed by atoms with Crippen LogP contribution in [-0.4, -0.2) is 11.8 Å². The minimum atomic E-state index is -0.670. The molecule has 0 N–H and O–H groups in total. The lowest BCUT2D eigenvalue weighted by molar-refractivity contribution is 0.0205. The molecule has 1 aromatic rings. The minimum absolute atomic E-state index is 0.528. The van der Waals surface area contributed by atoms with Gasteiger partial charge in [0.2, 0.25) is 0 Å². The second-order valence-corrected chi connectivity index (χ2v) is 4.33.